The molecule has 0 aliphatic rings. The molecule has 20 heavy (non-hydrogen) atoms. The van der Waals surface area contributed by atoms with Gasteiger partial charge < -0.3 is 10.1 Å². The molecule has 1 unspecified atom stereocenters. The summed E-state index contributed by atoms with van der Waals surface area (Å²) >= 11 is 0. The fourth-order valence-corrected chi connectivity index (χ4v) is 3.27. The fourth-order valence-electron chi connectivity index (χ4n) is 1.92. The van der Waals surface area contributed by atoms with E-state index in [1.807, 2.05) is 27.0 Å². The van der Waals surface area contributed by atoms with Crippen LogP contribution in [-0.2, 0) is 21.3 Å². The molecule has 0 fully saturated rings. The Kier molecular flexibility index (Phi) is 6.61. The van der Waals surface area contributed by atoms with Crippen LogP contribution in [0, 0.1) is 6.92 Å². The number of ether oxygens (including phenoxy) is 1. The quantitative estimate of drug-likeness (QED) is 0.762. The van der Waals surface area contributed by atoms with E-state index in [1.54, 1.807) is 19.2 Å². The molecular formula is C14H24N2O3S. The molecule has 1 aromatic rings. The smallest absolute Gasteiger partial charge is 0.240 e. The van der Waals surface area contributed by atoms with Gasteiger partial charge in [0.1, 0.15) is 0 Å². The standard InChI is InChI=1S/C14H24N2O3S/c1-5-13(10-19-4)16-20(17,18)14-7-6-11(2)12(8-14)9-15-3/h6-8,13,15-16H,5,9-10H2,1-4H3. The first-order chi connectivity index (χ1) is 9.44. The van der Waals surface area contributed by atoms with E-state index in [9.17, 15) is 8.42 Å². The van der Waals surface area contributed by atoms with Crippen molar-refractivity contribution in [2.24, 2.45) is 0 Å². The molecule has 114 valence electrons. The van der Waals surface area contributed by atoms with Crippen LogP contribution in [-0.4, -0.2) is 35.2 Å². The monoisotopic (exact) mass is 300 g/mol. The van der Waals surface area contributed by atoms with Gasteiger partial charge in [-0.15, -0.1) is 0 Å². The van der Waals surface area contributed by atoms with Gasteiger partial charge in [0.05, 0.1) is 11.5 Å². The predicted molar refractivity (Wildman–Crippen MR) is 80.2 cm³/mol. The highest BCUT2D eigenvalue weighted by Crippen LogP contribution is 2.16. The molecule has 0 saturated heterocycles. The van der Waals surface area contributed by atoms with Crippen LogP contribution in [0.1, 0.15) is 24.5 Å². The Bertz CT molecular complexity index is 529. The van der Waals surface area contributed by atoms with Gasteiger partial charge in [0.15, 0.2) is 0 Å². The maximum atomic E-state index is 12.4. The maximum absolute atomic E-state index is 12.4. The van der Waals surface area contributed by atoms with Crippen molar-refractivity contribution in [1.29, 1.82) is 0 Å². The molecule has 0 saturated carbocycles. The minimum atomic E-state index is -3.51. The Hall–Kier alpha value is -0.950. The molecule has 1 aromatic carbocycles. The highest BCUT2D eigenvalue weighted by atomic mass is 32.2. The summed E-state index contributed by atoms with van der Waals surface area (Å²) in [6.45, 7) is 4.90. The third kappa shape index (κ3) is 4.56. The lowest BCUT2D eigenvalue weighted by Crippen LogP contribution is -2.37. The van der Waals surface area contributed by atoms with E-state index in [0.717, 1.165) is 11.1 Å². The summed E-state index contributed by atoms with van der Waals surface area (Å²) in [5, 5.41) is 3.04. The number of methoxy groups -OCH3 is 1. The molecule has 0 bridgehead atoms. The average molecular weight is 300 g/mol. The van der Waals surface area contributed by atoms with Gasteiger partial charge in [-0.3, -0.25) is 0 Å². The normalized spacial score (nSPS) is 13.4. The number of sulfonamides is 1. The van der Waals surface area contributed by atoms with Crippen molar-refractivity contribution in [3.05, 3.63) is 29.3 Å². The third-order valence-corrected chi connectivity index (χ3v) is 4.70. The van der Waals surface area contributed by atoms with E-state index < -0.39 is 10.0 Å². The van der Waals surface area contributed by atoms with E-state index in [4.69, 9.17) is 4.74 Å². The molecule has 0 aromatic heterocycles. The summed E-state index contributed by atoms with van der Waals surface area (Å²) in [5.41, 5.74) is 2.05. The zero-order chi connectivity index (χ0) is 15.2. The van der Waals surface area contributed by atoms with Gasteiger partial charge in [0, 0.05) is 19.7 Å². The van der Waals surface area contributed by atoms with Crippen molar-refractivity contribution < 1.29 is 13.2 Å². The van der Waals surface area contributed by atoms with E-state index in [0.29, 0.717) is 24.5 Å². The van der Waals surface area contributed by atoms with Gasteiger partial charge in [-0.25, -0.2) is 13.1 Å². The van der Waals surface area contributed by atoms with Gasteiger partial charge in [-0.2, -0.15) is 0 Å². The van der Waals surface area contributed by atoms with Gasteiger partial charge in [0.2, 0.25) is 10.0 Å². The summed E-state index contributed by atoms with van der Waals surface area (Å²) in [4.78, 5) is 0.294. The van der Waals surface area contributed by atoms with Crippen LogP contribution in [0.5, 0.6) is 0 Å². The van der Waals surface area contributed by atoms with Crippen molar-refractivity contribution >= 4 is 10.0 Å². The first kappa shape index (κ1) is 17.1. The number of nitrogens with one attached hydrogen (secondary N) is 2. The van der Waals surface area contributed by atoms with Crippen molar-refractivity contribution in [3.8, 4) is 0 Å². The first-order valence-electron chi connectivity index (χ1n) is 6.70. The lowest BCUT2D eigenvalue weighted by molar-refractivity contribution is 0.173. The van der Waals surface area contributed by atoms with Crippen LogP contribution in [0.4, 0.5) is 0 Å². The molecule has 6 heteroatoms. The fraction of sp³-hybridized carbons (Fsp3) is 0.571. The summed E-state index contributed by atoms with van der Waals surface area (Å²) in [6, 6.07) is 4.97. The van der Waals surface area contributed by atoms with Crippen molar-refractivity contribution in [3.63, 3.8) is 0 Å². The lowest BCUT2D eigenvalue weighted by Gasteiger charge is -2.17. The van der Waals surface area contributed by atoms with Crippen molar-refractivity contribution in [1.82, 2.24) is 10.0 Å². The van der Waals surface area contributed by atoms with Gasteiger partial charge in [-0.1, -0.05) is 13.0 Å². The Morgan fingerprint density at radius 2 is 2.05 bits per heavy atom. The van der Waals surface area contributed by atoms with E-state index in [2.05, 4.69) is 10.0 Å². The lowest BCUT2D eigenvalue weighted by atomic mass is 10.1. The maximum Gasteiger partial charge on any atom is 0.240 e. The first-order valence-corrected chi connectivity index (χ1v) is 8.18. The minimum Gasteiger partial charge on any atom is -0.383 e. The number of benzene rings is 1. The van der Waals surface area contributed by atoms with Gasteiger partial charge in [0.25, 0.3) is 0 Å². The number of hydrogen-bond donors (Lipinski definition) is 2. The SMILES string of the molecule is CCC(COC)NS(=O)(=O)c1ccc(C)c(CNC)c1. The number of aryl methyl sites for hydroxylation is 1. The molecule has 0 amide bonds. The van der Waals surface area contributed by atoms with Crippen molar-refractivity contribution in [2.45, 2.75) is 37.8 Å². The second kappa shape index (κ2) is 7.73. The molecule has 1 rings (SSSR count). The van der Waals surface area contributed by atoms with Crippen molar-refractivity contribution in [2.75, 3.05) is 20.8 Å². The molecule has 0 spiro atoms. The zero-order valence-electron chi connectivity index (χ0n) is 12.6. The Morgan fingerprint density at radius 1 is 1.35 bits per heavy atom. The van der Waals surface area contributed by atoms with E-state index in [1.165, 1.54) is 0 Å². The van der Waals surface area contributed by atoms with E-state index in [-0.39, 0.29) is 6.04 Å². The highest BCUT2D eigenvalue weighted by molar-refractivity contribution is 7.89. The molecular weight excluding hydrogens is 276 g/mol. The summed E-state index contributed by atoms with van der Waals surface area (Å²) < 4.78 is 32.4. The van der Waals surface area contributed by atoms with Crippen LogP contribution < -0.4 is 10.0 Å². The predicted octanol–water partition coefficient (Wildman–Crippen LogP) is 1.42. The molecule has 0 heterocycles. The number of rotatable bonds is 8. The molecule has 2 N–H and O–H groups in total. The van der Waals surface area contributed by atoms with Crippen LogP contribution in [0.15, 0.2) is 23.1 Å². The molecule has 1 atom stereocenters. The highest BCUT2D eigenvalue weighted by Gasteiger charge is 2.19. The van der Waals surface area contributed by atoms with Crippen LogP contribution >= 0.6 is 0 Å². The van der Waals surface area contributed by atoms with Gasteiger partial charge in [-0.05, 0) is 43.7 Å². The average Bonchev–Trinajstić information content (AvgIpc) is 2.40. The Balaban J connectivity index is 3.00. The third-order valence-electron chi connectivity index (χ3n) is 3.18. The molecule has 0 aliphatic heterocycles. The minimum absolute atomic E-state index is 0.209. The van der Waals surface area contributed by atoms with Crippen LogP contribution in [0.3, 0.4) is 0 Å². The van der Waals surface area contributed by atoms with Crippen LogP contribution in [0.2, 0.25) is 0 Å². The Morgan fingerprint density at radius 3 is 2.60 bits per heavy atom. The summed E-state index contributed by atoms with van der Waals surface area (Å²) in [7, 11) is -0.108. The number of hydrogen-bond acceptors (Lipinski definition) is 4. The molecule has 0 radical (unpaired) electrons. The van der Waals surface area contributed by atoms with Crippen LogP contribution in [0.25, 0.3) is 0 Å². The summed E-state index contributed by atoms with van der Waals surface area (Å²) in [5.74, 6) is 0. The second-order valence-corrected chi connectivity index (χ2v) is 6.51. The zero-order valence-corrected chi connectivity index (χ0v) is 13.4. The summed E-state index contributed by atoms with van der Waals surface area (Å²) in [6.07, 6.45) is 0.683. The van der Waals surface area contributed by atoms with Gasteiger partial charge >= 0.3 is 0 Å². The molecule has 5 nitrogen and oxygen atoms in total. The van der Waals surface area contributed by atoms with E-state index >= 15 is 0 Å². The largest absolute Gasteiger partial charge is 0.383 e. The Labute approximate surface area is 121 Å². The molecule has 0 aliphatic carbocycles. The topological polar surface area (TPSA) is 67.4 Å². The second-order valence-electron chi connectivity index (χ2n) is 4.80.